The molecule has 21 heavy (non-hydrogen) atoms. The third-order valence-electron chi connectivity index (χ3n) is 2.92. The van der Waals surface area contributed by atoms with E-state index in [4.69, 9.17) is 0 Å². The van der Waals surface area contributed by atoms with E-state index in [9.17, 15) is 4.79 Å². The van der Waals surface area contributed by atoms with E-state index in [1.54, 1.807) is 0 Å². The Labute approximate surface area is 124 Å². The molecule has 0 spiro atoms. The molecule has 0 atom stereocenters. The highest BCUT2D eigenvalue weighted by molar-refractivity contribution is 5.92. The lowest BCUT2D eigenvalue weighted by atomic mass is 10.2. The number of nitrogens with zero attached hydrogens (tertiary/aromatic N) is 2. The summed E-state index contributed by atoms with van der Waals surface area (Å²) >= 11 is 0. The van der Waals surface area contributed by atoms with E-state index >= 15 is 0 Å². The van der Waals surface area contributed by atoms with E-state index in [0.29, 0.717) is 5.95 Å². The molecule has 2 rings (SSSR count). The first-order valence-corrected chi connectivity index (χ1v) is 6.94. The summed E-state index contributed by atoms with van der Waals surface area (Å²) in [6.07, 6.45) is 0. The number of carbonyl (C=O) groups excluding carboxylic acids is 1. The average molecular weight is 284 g/mol. The largest absolute Gasteiger partial charge is 0.326 e. The summed E-state index contributed by atoms with van der Waals surface area (Å²) in [6, 6.07) is 9.40. The van der Waals surface area contributed by atoms with Crippen molar-refractivity contribution in [2.45, 2.75) is 27.7 Å². The molecule has 1 aromatic carbocycles. The quantitative estimate of drug-likeness (QED) is 0.902. The Morgan fingerprint density at radius 2 is 1.52 bits per heavy atom. The van der Waals surface area contributed by atoms with Gasteiger partial charge >= 0.3 is 0 Å². The fourth-order valence-electron chi connectivity index (χ4n) is 1.83. The zero-order valence-corrected chi connectivity index (χ0v) is 12.8. The van der Waals surface area contributed by atoms with Crippen molar-refractivity contribution in [3.8, 4) is 0 Å². The SMILES string of the molecule is Cc1cc(C)nc(Nc2ccc(NC(=O)C(C)C)cc2)n1. The molecule has 1 aromatic heterocycles. The molecular formula is C16H20N4O. The summed E-state index contributed by atoms with van der Waals surface area (Å²) in [7, 11) is 0. The Hall–Kier alpha value is -2.43. The number of aromatic nitrogens is 2. The number of hydrogen-bond donors (Lipinski definition) is 2. The van der Waals surface area contributed by atoms with Crippen LogP contribution in [0.3, 0.4) is 0 Å². The first-order valence-electron chi connectivity index (χ1n) is 6.94. The molecule has 0 bridgehead atoms. The molecule has 2 N–H and O–H groups in total. The highest BCUT2D eigenvalue weighted by Crippen LogP contribution is 2.17. The zero-order chi connectivity index (χ0) is 15.4. The number of rotatable bonds is 4. The van der Waals surface area contributed by atoms with Crippen molar-refractivity contribution in [2.24, 2.45) is 5.92 Å². The van der Waals surface area contributed by atoms with Crippen LogP contribution in [0, 0.1) is 19.8 Å². The van der Waals surface area contributed by atoms with Gasteiger partial charge in [-0.15, -0.1) is 0 Å². The second-order valence-electron chi connectivity index (χ2n) is 5.32. The standard InChI is InChI=1S/C16H20N4O/c1-10(2)15(21)19-13-5-7-14(8-6-13)20-16-17-11(3)9-12(4)18-16/h5-10H,1-4H3,(H,19,21)(H,17,18,20). The van der Waals surface area contributed by atoms with Crippen LogP contribution in [-0.4, -0.2) is 15.9 Å². The van der Waals surface area contributed by atoms with E-state index in [0.717, 1.165) is 22.8 Å². The number of aryl methyl sites for hydroxylation is 2. The van der Waals surface area contributed by atoms with Crippen molar-refractivity contribution in [1.29, 1.82) is 0 Å². The van der Waals surface area contributed by atoms with Crippen LogP contribution >= 0.6 is 0 Å². The summed E-state index contributed by atoms with van der Waals surface area (Å²) in [5.74, 6) is 0.547. The van der Waals surface area contributed by atoms with Crippen LogP contribution in [-0.2, 0) is 4.79 Å². The van der Waals surface area contributed by atoms with Gasteiger partial charge in [0.1, 0.15) is 0 Å². The third kappa shape index (κ3) is 4.27. The van der Waals surface area contributed by atoms with E-state index in [1.807, 2.05) is 58.0 Å². The van der Waals surface area contributed by atoms with Gasteiger partial charge in [0.15, 0.2) is 0 Å². The lowest BCUT2D eigenvalue weighted by Gasteiger charge is -2.09. The Bertz CT molecular complexity index is 615. The van der Waals surface area contributed by atoms with E-state index in [1.165, 1.54) is 0 Å². The minimum atomic E-state index is -0.0357. The number of anilines is 3. The van der Waals surface area contributed by atoms with Crippen molar-refractivity contribution in [2.75, 3.05) is 10.6 Å². The third-order valence-corrected chi connectivity index (χ3v) is 2.92. The molecule has 1 heterocycles. The van der Waals surface area contributed by atoms with Crippen LogP contribution in [0.5, 0.6) is 0 Å². The molecule has 110 valence electrons. The maximum atomic E-state index is 11.6. The van der Waals surface area contributed by atoms with Gasteiger partial charge in [-0.25, -0.2) is 9.97 Å². The second kappa shape index (κ2) is 6.35. The van der Waals surface area contributed by atoms with Gasteiger partial charge in [0.05, 0.1) is 0 Å². The van der Waals surface area contributed by atoms with Crippen molar-refractivity contribution < 1.29 is 4.79 Å². The maximum absolute atomic E-state index is 11.6. The highest BCUT2D eigenvalue weighted by atomic mass is 16.1. The number of nitrogens with one attached hydrogen (secondary N) is 2. The molecule has 0 unspecified atom stereocenters. The Kier molecular flexibility index (Phi) is 4.52. The molecule has 0 aliphatic heterocycles. The lowest BCUT2D eigenvalue weighted by molar-refractivity contribution is -0.118. The highest BCUT2D eigenvalue weighted by Gasteiger charge is 2.07. The van der Waals surface area contributed by atoms with Gasteiger partial charge in [-0.3, -0.25) is 4.79 Å². The minimum Gasteiger partial charge on any atom is -0.326 e. The molecule has 5 heteroatoms. The normalized spacial score (nSPS) is 10.5. The molecule has 1 amide bonds. The molecule has 0 radical (unpaired) electrons. The van der Waals surface area contributed by atoms with Gasteiger partial charge in [0.2, 0.25) is 11.9 Å². The first kappa shape index (κ1) is 15.0. The Balaban J connectivity index is 2.07. The molecular weight excluding hydrogens is 264 g/mol. The number of hydrogen-bond acceptors (Lipinski definition) is 4. The summed E-state index contributed by atoms with van der Waals surface area (Å²) in [4.78, 5) is 20.3. The minimum absolute atomic E-state index is 0.00773. The smallest absolute Gasteiger partial charge is 0.227 e. The molecule has 0 saturated heterocycles. The fourth-order valence-corrected chi connectivity index (χ4v) is 1.83. The molecule has 0 fully saturated rings. The summed E-state index contributed by atoms with van der Waals surface area (Å²) in [5.41, 5.74) is 3.50. The van der Waals surface area contributed by atoms with Crippen molar-refractivity contribution in [1.82, 2.24) is 9.97 Å². The Morgan fingerprint density at radius 1 is 1.00 bits per heavy atom. The van der Waals surface area contributed by atoms with E-state index in [2.05, 4.69) is 20.6 Å². The fraction of sp³-hybridized carbons (Fsp3) is 0.312. The number of carbonyl (C=O) groups is 1. The van der Waals surface area contributed by atoms with Crippen LogP contribution in [0.15, 0.2) is 30.3 Å². The molecule has 0 saturated carbocycles. The maximum Gasteiger partial charge on any atom is 0.227 e. The number of benzene rings is 1. The topological polar surface area (TPSA) is 66.9 Å². The summed E-state index contributed by atoms with van der Waals surface area (Å²) in [6.45, 7) is 7.60. The van der Waals surface area contributed by atoms with Gasteiger partial charge < -0.3 is 10.6 Å². The zero-order valence-electron chi connectivity index (χ0n) is 12.8. The monoisotopic (exact) mass is 284 g/mol. The van der Waals surface area contributed by atoms with Gasteiger partial charge in [0.25, 0.3) is 0 Å². The Morgan fingerprint density at radius 3 is 2.05 bits per heavy atom. The second-order valence-corrected chi connectivity index (χ2v) is 5.32. The van der Waals surface area contributed by atoms with Gasteiger partial charge in [-0.2, -0.15) is 0 Å². The summed E-state index contributed by atoms with van der Waals surface area (Å²) in [5, 5.41) is 6.01. The first-order chi connectivity index (χ1) is 9.94. The van der Waals surface area contributed by atoms with Gasteiger partial charge in [-0.05, 0) is 44.2 Å². The summed E-state index contributed by atoms with van der Waals surface area (Å²) < 4.78 is 0. The van der Waals surface area contributed by atoms with Crippen molar-refractivity contribution in [3.05, 3.63) is 41.7 Å². The average Bonchev–Trinajstić information content (AvgIpc) is 2.39. The van der Waals surface area contributed by atoms with E-state index in [-0.39, 0.29) is 11.8 Å². The van der Waals surface area contributed by atoms with Crippen LogP contribution in [0.4, 0.5) is 17.3 Å². The predicted octanol–water partition coefficient (Wildman–Crippen LogP) is 3.43. The van der Waals surface area contributed by atoms with Crippen LogP contribution in [0.1, 0.15) is 25.2 Å². The van der Waals surface area contributed by atoms with Gasteiger partial charge in [-0.1, -0.05) is 13.8 Å². The lowest BCUT2D eigenvalue weighted by Crippen LogP contribution is -2.17. The molecule has 0 aliphatic carbocycles. The predicted molar refractivity (Wildman–Crippen MR) is 84.7 cm³/mol. The van der Waals surface area contributed by atoms with Crippen LogP contribution < -0.4 is 10.6 Å². The number of amides is 1. The molecule has 5 nitrogen and oxygen atoms in total. The molecule has 2 aromatic rings. The van der Waals surface area contributed by atoms with Crippen molar-refractivity contribution >= 4 is 23.2 Å². The van der Waals surface area contributed by atoms with Crippen LogP contribution in [0.2, 0.25) is 0 Å². The molecule has 0 aliphatic rings. The van der Waals surface area contributed by atoms with Crippen molar-refractivity contribution in [3.63, 3.8) is 0 Å². The van der Waals surface area contributed by atoms with E-state index < -0.39 is 0 Å². The van der Waals surface area contributed by atoms with Gasteiger partial charge in [0, 0.05) is 28.7 Å². The van der Waals surface area contributed by atoms with Crippen LogP contribution in [0.25, 0.3) is 0 Å².